The molecule has 0 fully saturated rings. The summed E-state index contributed by atoms with van der Waals surface area (Å²) in [4.78, 5) is 20.4. The summed E-state index contributed by atoms with van der Waals surface area (Å²) in [6.45, 7) is 0.961. The fraction of sp³-hybridized carbons (Fsp3) is 0.333. The molecular formula is C15H17N3O6S. The van der Waals surface area contributed by atoms with Crippen LogP contribution in [-0.4, -0.2) is 51.4 Å². The van der Waals surface area contributed by atoms with Crippen molar-refractivity contribution in [3.8, 4) is 17.2 Å². The van der Waals surface area contributed by atoms with Gasteiger partial charge in [-0.15, -0.1) is 0 Å². The van der Waals surface area contributed by atoms with Crippen molar-refractivity contribution in [2.45, 2.75) is 24.7 Å². The molecule has 0 saturated carbocycles. The van der Waals surface area contributed by atoms with Gasteiger partial charge < -0.3 is 15.3 Å². The molecule has 9 nitrogen and oxygen atoms in total. The van der Waals surface area contributed by atoms with Crippen LogP contribution < -0.4 is 5.56 Å². The number of phenolic OH excluding ortho intramolecular Hbond substituents is 3. The van der Waals surface area contributed by atoms with Crippen LogP contribution in [0.5, 0.6) is 17.2 Å². The molecule has 1 aromatic carbocycles. The van der Waals surface area contributed by atoms with E-state index in [0.29, 0.717) is 29.8 Å². The minimum Gasteiger partial charge on any atom is -0.507 e. The number of hydrogen-bond acceptors (Lipinski definition) is 8. The monoisotopic (exact) mass is 367 g/mol. The van der Waals surface area contributed by atoms with E-state index < -0.39 is 21.1 Å². The molecule has 3 rings (SSSR count). The smallest absolute Gasteiger partial charge is 0.256 e. The lowest BCUT2D eigenvalue weighted by Gasteiger charge is -2.27. The van der Waals surface area contributed by atoms with Crippen LogP contribution in [0.2, 0.25) is 0 Å². The zero-order valence-electron chi connectivity index (χ0n) is 13.4. The Morgan fingerprint density at radius 2 is 1.88 bits per heavy atom. The van der Waals surface area contributed by atoms with Crippen LogP contribution in [0.1, 0.15) is 16.8 Å². The number of aromatic hydroxyl groups is 3. The largest absolute Gasteiger partial charge is 0.507 e. The molecule has 2 heterocycles. The second-order valence-electron chi connectivity index (χ2n) is 6.00. The van der Waals surface area contributed by atoms with Crippen molar-refractivity contribution in [3.63, 3.8) is 0 Å². The van der Waals surface area contributed by atoms with Gasteiger partial charge in [0.25, 0.3) is 5.56 Å². The quantitative estimate of drug-likeness (QED) is 0.333. The number of nitrogens with zero attached hydrogens (tertiary/aromatic N) is 2. The number of aromatic nitrogens is 2. The Balaban J connectivity index is 1.87. The van der Waals surface area contributed by atoms with Crippen molar-refractivity contribution in [2.24, 2.45) is 0 Å². The van der Waals surface area contributed by atoms with Gasteiger partial charge in [-0.05, 0) is 6.07 Å². The number of fused-ring (bicyclic) bond motifs is 1. The summed E-state index contributed by atoms with van der Waals surface area (Å²) < 4.78 is 23.1. The van der Waals surface area contributed by atoms with Gasteiger partial charge >= 0.3 is 0 Å². The summed E-state index contributed by atoms with van der Waals surface area (Å²) in [5.74, 6) is -0.928. The average Bonchev–Trinajstić information content (AvgIpc) is 2.52. The topological polar surface area (TPSA) is 144 Å². The van der Waals surface area contributed by atoms with E-state index in [0.717, 1.165) is 12.3 Å². The van der Waals surface area contributed by atoms with Gasteiger partial charge in [-0.3, -0.25) is 14.7 Å². The van der Waals surface area contributed by atoms with Crippen molar-refractivity contribution in [1.29, 1.82) is 0 Å². The maximum atomic E-state index is 12.2. The third kappa shape index (κ3) is 3.44. The first-order valence-electron chi connectivity index (χ1n) is 7.43. The van der Waals surface area contributed by atoms with E-state index in [2.05, 4.69) is 9.97 Å². The molecule has 10 heteroatoms. The molecule has 0 spiro atoms. The molecule has 0 saturated heterocycles. The van der Waals surface area contributed by atoms with Crippen molar-refractivity contribution in [3.05, 3.63) is 39.3 Å². The normalized spacial score (nSPS) is 15.1. The molecule has 2 aromatic rings. The minimum atomic E-state index is -3.60. The van der Waals surface area contributed by atoms with Crippen LogP contribution in [0, 0.1) is 0 Å². The highest BCUT2D eigenvalue weighted by molar-refractivity contribution is 7.90. The van der Waals surface area contributed by atoms with E-state index in [-0.39, 0.29) is 29.7 Å². The lowest BCUT2D eigenvalue weighted by Crippen LogP contribution is -2.36. The van der Waals surface area contributed by atoms with Crippen LogP contribution in [-0.2, 0) is 29.3 Å². The molecular weight excluding hydrogens is 350 g/mol. The molecule has 0 amide bonds. The second-order valence-corrected chi connectivity index (χ2v) is 7.93. The molecule has 134 valence electrons. The lowest BCUT2D eigenvalue weighted by molar-refractivity contribution is 0.237. The molecule has 0 unspecified atom stereocenters. The van der Waals surface area contributed by atoms with Crippen molar-refractivity contribution >= 4 is 9.84 Å². The minimum absolute atomic E-state index is 0.166. The number of phenols is 3. The first-order valence-corrected chi connectivity index (χ1v) is 9.32. The van der Waals surface area contributed by atoms with Gasteiger partial charge in [0.15, 0.2) is 11.5 Å². The molecule has 0 aliphatic carbocycles. The fourth-order valence-corrected chi connectivity index (χ4v) is 3.30. The molecule has 0 atom stereocenters. The lowest BCUT2D eigenvalue weighted by atomic mass is 10.1. The number of benzene rings is 1. The predicted octanol–water partition coefficient (Wildman–Crippen LogP) is -0.152. The van der Waals surface area contributed by atoms with E-state index in [1.807, 2.05) is 4.90 Å². The van der Waals surface area contributed by atoms with Crippen LogP contribution >= 0.6 is 0 Å². The summed E-state index contributed by atoms with van der Waals surface area (Å²) in [7, 11) is -3.60. The maximum Gasteiger partial charge on any atom is 0.256 e. The molecule has 1 aliphatic heterocycles. The van der Waals surface area contributed by atoms with Gasteiger partial charge in [-0.25, -0.2) is 13.4 Å². The van der Waals surface area contributed by atoms with Crippen LogP contribution in [0.4, 0.5) is 0 Å². The van der Waals surface area contributed by atoms with E-state index in [1.165, 1.54) is 6.07 Å². The van der Waals surface area contributed by atoms with Crippen LogP contribution in [0.15, 0.2) is 22.1 Å². The van der Waals surface area contributed by atoms with Gasteiger partial charge in [0.05, 0.1) is 11.3 Å². The Morgan fingerprint density at radius 1 is 1.20 bits per heavy atom. The Labute approximate surface area is 143 Å². The third-order valence-corrected chi connectivity index (χ3v) is 4.94. The molecule has 0 radical (unpaired) electrons. The molecule has 1 aliphatic rings. The van der Waals surface area contributed by atoms with Crippen molar-refractivity contribution in [2.75, 3.05) is 12.8 Å². The van der Waals surface area contributed by atoms with Gasteiger partial charge in [0.2, 0.25) is 15.0 Å². The van der Waals surface area contributed by atoms with Gasteiger partial charge in [0.1, 0.15) is 5.75 Å². The molecule has 1 aromatic heterocycles. The second kappa shape index (κ2) is 6.05. The van der Waals surface area contributed by atoms with Gasteiger partial charge in [0, 0.05) is 43.9 Å². The number of nitrogens with one attached hydrogen (secondary N) is 1. The van der Waals surface area contributed by atoms with E-state index in [9.17, 15) is 28.5 Å². The number of H-pyrrole nitrogens is 1. The third-order valence-electron chi connectivity index (χ3n) is 4.05. The highest BCUT2D eigenvalue weighted by atomic mass is 32.2. The number of hydrogen-bond donors (Lipinski definition) is 4. The zero-order chi connectivity index (χ0) is 18.4. The van der Waals surface area contributed by atoms with E-state index in [1.54, 1.807) is 0 Å². The summed E-state index contributed by atoms with van der Waals surface area (Å²) in [5, 5.41) is 28.5. The number of aromatic amines is 1. The molecule has 4 N–H and O–H groups in total. The van der Waals surface area contributed by atoms with Crippen molar-refractivity contribution in [1.82, 2.24) is 14.9 Å². The Hall–Kier alpha value is -2.59. The van der Waals surface area contributed by atoms with Gasteiger partial charge in [-0.2, -0.15) is 0 Å². The number of sulfone groups is 1. The SMILES string of the molecule is CS(=O)(=O)c1nc2c(c(=O)[nH]1)CN(Cc1cc(O)c(O)cc1O)CC2. The zero-order valence-corrected chi connectivity index (χ0v) is 14.2. The standard InChI is InChI=1S/C15H17N3O6S/c1-25(23,24)15-16-10-2-3-18(7-9(10)14(22)17-15)6-8-4-12(20)13(21)5-11(8)19/h4-5,19-21H,2-3,6-7H2,1H3,(H,16,17,22). The predicted molar refractivity (Wildman–Crippen MR) is 87.2 cm³/mol. The summed E-state index contributed by atoms with van der Waals surface area (Å²) in [5.41, 5.74) is 0.711. The first-order chi connectivity index (χ1) is 11.6. The Morgan fingerprint density at radius 3 is 2.56 bits per heavy atom. The van der Waals surface area contributed by atoms with Crippen LogP contribution in [0.25, 0.3) is 0 Å². The van der Waals surface area contributed by atoms with E-state index >= 15 is 0 Å². The highest BCUT2D eigenvalue weighted by Gasteiger charge is 2.24. The highest BCUT2D eigenvalue weighted by Crippen LogP contribution is 2.33. The van der Waals surface area contributed by atoms with Gasteiger partial charge in [-0.1, -0.05) is 0 Å². The summed E-state index contributed by atoms with van der Waals surface area (Å²) in [6, 6.07) is 2.31. The summed E-state index contributed by atoms with van der Waals surface area (Å²) >= 11 is 0. The first kappa shape index (κ1) is 17.2. The summed E-state index contributed by atoms with van der Waals surface area (Å²) in [6.07, 6.45) is 1.36. The van der Waals surface area contributed by atoms with Crippen molar-refractivity contribution < 1.29 is 23.7 Å². The molecule has 0 bridgehead atoms. The Bertz CT molecular complexity index is 999. The fourth-order valence-electron chi connectivity index (χ4n) is 2.75. The average molecular weight is 367 g/mol. The Kier molecular flexibility index (Phi) is 4.17. The van der Waals surface area contributed by atoms with Crippen LogP contribution in [0.3, 0.4) is 0 Å². The molecule has 25 heavy (non-hydrogen) atoms. The number of rotatable bonds is 3. The maximum absolute atomic E-state index is 12.2. The van der Waals surface area contributed by atoms with E-state index in [4.69, 9.17) is 0 Å².